The van der Waals surface area contributed by atoms with E-state index >= 15 is 0 Å². The SMILES string of the molecule is CC(C)(C)OC(=O)NC1CCCc2ccc(NC(=O)c3c[nH]c4ccccc4c3=O)cc21. The number of hydrogen-bond donors (Lipinski definition) is 3. The molecule has 0 radical (unpaired) electrons. The van der Waals surface area contributed by atoms with Crippen molar-refractivity contribution in [2.45, 2.75) is 51.7 Å². The zero-order valence-corrected chi connectivity index (χ0v) is 18.5. The van der Waals surface area contributed by atoms with Crippen molar-refractivity contribution in [1.82, 2.24) is 10.3 Å². The van der Waals surface area contributed by atoms with Crippen LogP contribution in [0.15, 0.2) is 53.5 Å². The third-order valence-corrected chi connectivity index (χ3v) is 5.44. The van der Waals surface area contributed by atoms with Gasteiger partial charge in [-0.1, -0.05) is 18.2 Å². The van der Waals surface area contributed by atoms with Crippen LogP contribution >= 0.6 is 0 Å². The molecule has 0 aliphatic heterocycles. The third-order valence-electron chi connectivity index (χ3n) is 5.44. The number of ether oxygens (including phenoxy) is 1. The van der Waals surface area contributed by atoms with E-state index in [9.17, 15) is 14.4 Å². The number of anilines is 1. The molecular formula is C25H27N3O4. The first-order valence-electron chi connectivity index (χ1n) is 10.8. The minimum atomic E-state index is -0.579. The highest BCUT2D eigenvalue weighted by molar-refractivity contribution is 6.05. The zero-order valence-electron chi connectivity index (χ0n) is 18.5. The smallest absolute Gasteiger partial charge is 0.408 e. The highest BCUT2D eigenvalue weighted by atomic mass is 16.6. The molecule has 1 atom stereocenters. The van der Waals surface area contributed by atoms with E-state index in [2.05, 4.69) is 15.6 Å². The minimum Gasteiger partial charge on any atom is -0.444 e. The maximum absolute atomic E-state index is 12.8. The van der Waals surface area contributed by atoms with Gasteiger partial charge >= 0.3 is 6.09 Å². The molecule has 166 valence electrons. The van der Waals surface area contributed by atoms with Crippen LogP contribution in [0.25, 0.3) is 10.9 Å². The summed E-state index contributed by atoms with van der Waals surface area (Å²) in [5, 5.41) is 6.23. The number of aryl methyl sites for hydroxylation is 1. The van der Waals surface area contributed by atoms with Crippen LogP contribution in [0, 0.1) is 0 Å². The number of hydrogen-bond acceptors (Lipinski definition) is 4. The standard InChI is InChI=1S/C25H27N3O4/c1-25(2,3)32-24(31)28-21-10-6-7-15-11-12-16(13-18(15)21)27-23(30)19-14-26-20-9-5-4-8-17(20)22(19)29/h4-5,8-9,11-14,21H,6-7,10H2,1-3H3,(H,26,29)(H,27,30)(H,28,31). The van der Waals surface area contributed by atoms with Gasteiger partial charge in [-0.3, -0.25) is 9.59 Å². The Morgan fingerprint density at radius 1 is 1.12 bits per heavy atom. The molecule has 7 heteroatoms. The van der Waals surface area contributed by atoms with Crippen molar-refractivity contribution in [3.05, 3.63) is 75.6 Å². The molecule has 1 aromatic heterocycles. The average molecular weight is 434 g/mol. The van der Waals surface area contributed by atoms with Crippen LogP contribution in [-0.2, 0) is 11.2 Å². The lowest BCUT2D eigenvalue weighted by atomic mass is 9.87. The monoisotopic (exact) mass is 433 g/mol. The molecule has 0 fully saturated rings. The van der Waals surface area contributed by atoms with E-state index in [1.165, 1.54) is 6.20 Å². The summed E-state index contributed by atoms with van der Waals surface area (Å²) in [6.07, 6.45) is 3.61. The van der Waals surface area contributed by atoms with Crippen LogP contribution in [0.2, 0.25) is 0 Å². The van der Waals surface area contributed by atoms with Gasteiger partial charge in [0.15, 0.2) is 0 Å². The number of benzene rings is 2. The Labute approximate surface area is 186 Å². The molecule has 1 heterocycles. The first-order valence-corrected chi connectivity index (χ1v) is 10.8. The van der Waals surface area contributed by atoms with Gasteiger partial charge in [0.1, 0.15) is 11.2 Å². The van der Waals surface area contributed by atoms with Gasteiger partial charge < -0.3 is 20.4 Å². The van der Waals surface area contributed by atoms with Crippen molar-refractivity contribution in [2.24, 2.45) is 0 Å². The summed E-state index contributed by atoms with van der Waals surface area (Å²) in [6.45, 7) is 5.47. The molecule has 2 aromatic carbocycles. The highest BCUT2D eigenvalue weighted by Crippen LogP contribution is 2.32. The lowest BCUT2D eigenvalue weighted by Crippen LogP contribution is -2.36. The summed E-state index contributed by atoms with van der Waals surface area (Å²) >= 11 is 0. The number of aromatic amines is 1. The Bertz CT molecular complexity index is 1240. The summed E-state index contributed by atoms with van der Waals surface area (Å²) < 4.78 is 5.40. The van der Waals surface area contributed by atoms with Crippen LogP contribution in [0.5, 0.6) is 0 Å². The first-order chi connectivity index (χ1) is 15.2. The lowest BCUT2D eigenvalue weighted by Gasteiger charge is -2.28. The molecule has 3 aromatic rings. The van der Waals surface area contributed by atoms with Gasteiger partial charge in [0, 0.05) is 22.8 Å². The predicted molar refractivity (Wildman–Crippen MR) is 124 cm³/mol. The van der Waals surface area contributed by atoms with Crippen molar-refractivity contribution < 1.29 is 14.3 Å². The summed E-state index contributed by atoms with van der Waals surface area (Å²) in [6, 6.07) is 12.5. The lowest BCUT2D eigenvalue weighted by molar-refractivity contribution is 0.0498. The second kappa shape index (κ2) is 8.49. The number of aromatic nitrogens is 1. The average Bonchev–Trinajstić information content (AvgIpc) is 2.73. The fourth-order valence-electron chi connectivity index (χ4n) is 4.01. The normalized spacial score (nSPS) is 15.7. The van der Waals surface area contributed by atoms with E-state index in [1.54, 1.807) is 18.2 Å². The third kappa shape index (κ3) is 4.66. The fraction of sp³-hybridized carbons (Fsp3) is 0.320. The van der Waals surface area contributed by atoms with Crippen molar-refractivity contribution in [1.29, 1.82) is 0 Å². The molecule has 0 saturated heterocycles. The van der Waals surface area contributed by atoms with Crippen LogP contribution in [0.4, 0.5) is 10.5 Å². The number of pyridine rings is 1. The molecule has 1 aliphatic carbocycles. The number of H-pyrrole nitrogens is 1. The van der Waals surface area contributed by atoms with E-state index in [1.807, 2.05) is 45.0 Å². The zero-order chi connectivity index (χ0) is 22.9. The van der Waals surface area contributed by atoms with Crippen LogP contribution < -0.4 is 16.1 Å². The molecular weight excluding hydrogens is 406 g/mol. The number of amides is 2. The minimum absolute atomic E-state index is 0.0462. The number of rotatable bonds is 3. The predicted octanol–water partition coefficient (Wildman–Crippen LogP) is 4.68. The second-order valence-electron chi connectivity index (χ2n) is 9.04. The summed E-state index contributed by atoms with van der Waals surface area (Å²) in [4.78, 5) is 40.9. The molecule has 0 bridgehead atoms. The van der Waals surface area contributed by atoms with E-state index < -0.39 is 17.6 Å². The number of nitrogens with one attached hydrogen (secondary N) is 3. The van der Waals surface area contributed by atoms with Crippen molar-refractivity contribution in [3.63, 3.8) is 0 Å². The Morgan fingerprint density at radius 2 is 1.91 bits per heavy atom. The van der Waals surface area contributed by atoms with Gasteiger partial charge in [0.2, 0.25) is 5.43 Å². The second-order valence-corrected chi connectivity index (χ2v) is 9.04. The molecule has 0 spiro atoms. The topological polar surface area (TPSA) is 100 Å². The van der Waals surface area contributed by atoms with E-state index in [0.717, 1.165) is 30.4 Å². The number of para-hydroxylation sites is 1. The van der Waals surface area contributed by atoms with E-state index in [0.29, 0.717) is 16.6 Å². The van der Waals surface area contributed by atoms with Crippen LogP contribution in [-0.4, -0.2) is 22.6 Å². The summed E-state index contributed by atoms with van der Waals surface area (Å²) in [5.41, 5.74) is 2.47. The van der Waals surface area contributed by atoms with E-state index in [4.69, 9.17) is 4.74 Å². The fourth-order valence-corrected chi connectivity index (χ4v) is 4.01. The molecule has 7 nitrogen and oxygen atoms in total. The summed E-state index contributed by atoms with van der Waals surface area (Å²) in [5.74, 6) is -0.482. The largest absolute Gasteiger partial charge is 0.444 e. The van der Waals surface area contributed by atoms with Crippen molar-refractivity contribution in [2.75, 3.05) is 5.32 Å². The molecule has 2 amide bonds. The van der Waals surface area contributed by atoms with Crippen LogP contribution in [0.1, 0.15) is 61.1 Å². The maximum Gasteiger partial charge on any atom is 0.408 e. The molecule has 4 rings (SSSR count). The van der Waals surface area contributed by atoms with Gasteiger partial charge in [0.25, 0.3) is 5.91 Å². The molecule has 3 N–H and O–H groups in total. The van der Waals surface area contributed by atoms with Gasteiger partial charge in [-0.15, -0.1) is 0 Å². The number of fused-ring (bicyclic) bond motifs is 2. The Hall–Kier alpha value is -3.61. The Kier molecular flexibility index (Phi) is 5.74. The molecule has 1 aliphatic rings. The van der Waals surface area contributed by atoms with Crippen molar-refractivity contribution >= 4 is 28.6 Å². The van der Waals surface area contributed by atoms with Crippen molar-refractivity contribution in [3.8, 4) is 0 Å². The maximum atomic E-state index is 12.8. The Balaban J connectivity index is 1.56. The number of carbonyl (C=O) groups is 2. The van der Waals surface area contributed by atoms with Gasteiger partial charge in [0.05, 0.1) is 6.04 Å². The van der Waals surface area contributed by atoms with Gasteiger partial charge in [-0.25, -0.2) is 4.79 Å². The first kappa shape index (κ1) is 21.6. The number of alkyl carbamates (subject to hydrolysis) is 1. The summed E-state index contributed by atoms with van der Waals surface area (Å²) in [7, 11) is 0. The molecule has 0 saturated carbocycles. The molecule has 32 heavy (non-hydrogen) atoms. The van der Waals surface area contributed by atoms with Gasteiger partial charge in [-0.05, 0) is 75.4 Å². The highest BCUT2D eigenvalue weighted by Gasteiger charge is 2.25. The number of carbonyl (C=O) groups excluding carboxylic acids is 2. The van der Waals surface area contributed by atoms with E-state index in [-0.39, 0.29) is 17.0 Å². The quantitative estimate of drug-likeness (QED) is 0.558. The van der Waals surface area contributed by atoms with Crippen LogP contribution in [0.3, 0.4) is 0 Å². The Morgan fingerprint density at radius 3 is 2.69 bits per heavy atom. The van der Waals surface area contributed by atoms with Gasteiger partial charge in [-0.2, -0.15) is 0 Å². The molecule has 1 unspecified atom stereocenters.